The number of hydrogen-bond acceptors (Lipinski definition) is 4. The van der Waals surface area contributed by atoms with Crippen molar-refractivity contribution in [1.82, 2.24) is 4.31 Å². The Balaban J connectivity index is 1.98. The predicted molar refractivity (Wildman–Crippen MR) is 88.0 cm³/mol. The molecular weight excluding hydrogens is 382 g/mol. The lowest BCUT2D eigenvalue weighted by Crippen LogP contribution is -2.30. The maximum absolute atomic E-state index is 13.0. The maximum Gasteiger partial charge on any atom is 0.245 e. The lowest BCUT2D eigenvalue weighted by atomic mass is 10.4. The van der Waals surface area contributed by atoms with Crippen LogP contribution < -0.4 is 0 Å². The Kier molecular flexibility index (Phi) is 4.70. The van der Waals surface area contributed by atoms with Crippen LogP contribution in [0.4, 0.5) is 0 Å². The maximum atomic E-state index is 13.0. The highest BCUT2D eigenvalue weighted by Gasteiger charge is 2.28. The molecule has 3 rings (SSSR count). The lowest BCUT2D eigenvalue weighted by Gasteiger charge is -2.21. The summed E-state index contributed by atoms with van der Waals surface area (Å²) in [6.07, 6.45) is 3.04. The van der Waals surface area contributed by atoms with Crippen LogP contribution in [0.5, 0.6) is 0 Å². The average Bonchev–Trinajstić information content (AvgIpc) is 3.20. The van der Waals surface area contributed by atoms with Crippen LogP contribution in [0.2, 0.25) is 0 Å². The van der Waals surface area contributed by atoms with Crippen molar-refractivity contribution < 1.29 is 17.3 Å². The summed E-state index contributed by atoms with van der Waals surface area (Å²) in [5.74, 6) is 1.12. The quantitative estimate of drug-likeness (QED) is 0.631. The summed E-state index contributed by atoms with van der Waals surface area (Å²) < 4.78 is 38.5. The van der Waals surface area contributed by atoms with Gasteiger partial charge in [0, 0.05) is 4.47 Å². The Morgan fingerprint density at radius 2 is 1.43 bits per heavy atom. The van der Waals surface area contributed by atoms with Crippen LogP contribution in [0.3, 0.4) is 0 Å². The number of rotatable bonds is 6. The standard InChI is InChI=1S/C16H14BrNO4S/c17-15-7-1-2-8-16(15)23(19,20)18(11-13-5-3-9-21-13)12-14-6-4-10-22-14/h1-10H,11-12H2. The molecule has 2 heterocycles. The van der Waals surface area contributed by atoms with Crippen LogP contribution in [0.1, 0.15) is 11.5 Å². The van der Waals surface area contributed by atoms with E-state index in [9.17, 15) is 8.42 Å². The number of nitrogens with zero attached hydrogens (tertiary/aromatic N) is 1. The van der Waals surface area contributed by atoms with Crippen molar-refractivity contribution in [2.24, 2.45) is 0 Å². The predicted octanol–water partition coefficient (Wildman–Crippen LogP) is 4.03. The zero-order valence-corrected chi connectivity index (χ0v) is 14.5. The molecule has 0 aliphatic heterocycles. The van der Waals surface area contributed by atoms with Gasteiger partial charge in [-0.15, -0.1) is 0 Å². The molecule has 0 aliphatic rings. The van der Waals surface area contributed by atoms with E-state index in [1.54, 1.807) is 48.5 Å². The fraction of sp³-hybridized carbons (Fsp3) is 0.125. The number of sulfonamides is 1. The second-order valence-corrected chi connectivity index (χ2v) is 7.62. The van der Waals surface area contributed by atoms with E-state index in [4.69, 9.17) is 8.83 Å². The lowest BCUT2D eigenvalue weighted by molar-refractivity contribution is 0.330. The fourth-order valence-corrected chi connectivity index (χ4v) is 4.51. The van der Waals surface area contributed by atoms with Crippen molar-refractivity contribution >= 4 is 26.0 Å². The van der Waals surface area contributed by atoms with Gasteiger partial charge in [0.05, 0.1) is 30.5 Å². The molecule has 0 amide bonds. The fourth-order valence-electron chi connectivity index (χ4n) is 2.17. The molecule has 2 aromatic heterocycles. The SMILES string of the molecule is O=S(=O)(c1ccccc1Br)N(Cc1ccco1)Cc1ccco1. The monoisotopic (exact) mass is 395 g/mol. The minimum absolute atomic E-state index is 0.122. The van der Waals surface area contributed by atoms with E-state index < -0.39 is 10.0 Å². The van der Waals surface area contributed by atoms with Gasteiger partial charge in [-0.05, 0) is 52.3 Å². The summed E-state index contributed by atoms with van der Waals surface area (Å²) in [7, 11) is -3.72. The third-order valence-electron chi connectivity index (χ3n) is 3.28. The Morgan fingerprint density at radius 1 is 0.870 bits per heavy atom. The summed E-state index contributed by atoms with van der Waals surface area (Å²) in [6.45, 7) is 0.245. The average molecular weight is 396 g/mol. The molecule has 1 aromatic carbocycles. The molecule has 0 bridgehead atoms. The van der Waals surface area contributed by atoms with Crippen molar-refractivity contribution in [2.75, 3.05) is 0 Å². The normalized spacial score (nSPS) is 11.9. The summed E-state index contributed by atoms with van der Waals surface area (Å²) in [5, 5.41) is 0. The number of benzene rings is 1. The van der Waals surface area contributed by atoms with E-state index >= 15 is 0 Å². The van der Waals surface area contributed by atoms with Gasteiger partial charge in [0.15, 0.2) is 0 Å². The third kappa shape index (κ3) is 3.57. The zero-order chi connectivity index (χ0) is 16.3. The minimum atomic E-state index is -3.72. The van der Waals surface area contributed by atoms with Gasteiger partial charge < -0.3 is 8.83 Å². The third-order valence-corrected chi connectivity index (χ3v) is 6.08. The Hall–Kier alpha value is -1.83. The molecule has 0 unspecified atom stereocenters. The first-order chi connectivity index (χ1) is 11.1. The van der Waals surface area contributed by atoms with Gasteiger partial charge in [0.25, 0.3) is 0 Å². The summed E-state index contributed by atoms with van der Waals surface area (Å²) in [5.41, 5.74) is 0. The second-order valence-electron chi connectivity index (χ2n) is 4.86. The molecule has 0 fully saturated rings. The van der Waals surface area contributed by atoms with E-state index in [-0.39, 0.29) is 18.0 Å². The molecule has 0 saturated heterocycles. The molecule has 7 heteroatoms. The van der Waals surface area contributed by atoms with E-state index in [1.807, 2.05) is 0 Å². The number of furan rings is 2. The molecule has 3 aromatic rings. The van der Waals surface area contributed by atoms with Gasteiger partial charge in [-0.2, -0.15) is 4.31 Å². The van der Waals surface area contributed by atoms with Gasteiger partial charge in [-0.3, -0.25) is 0 Å². The number of halogens is 1. The highest BCUT2D eigenvalue weighted by Crippen LogP contribution is 2.27. The van der Waals surface area contributed by atoms with Crippen LogP contribution in [-0.4, -0.2) is 12.7 Å². The van der Waals surface area contributed by atoms with E-state index in [0.717, 1.165) is 0 Å². The van der Waals surface area contributed by atoms with E-state index in [2.05, 4.69) is 15.9 Å². The van der Waals surface area contributed by atoms with Gasteiger partial charge in [0.2, 0.25) is 10.0 Å². The molecule has 0 atom stereocenters. The summed E-state index contributed by atoms with van der Waals surface area (Å²) in [6, 6.07) is 13.7. The number of hydrogen-bond donors (Lipinski definition) is 0. The van der Waals surface area contributed by atoms with Gasteiger partial charge in [-0.1, -0.05) is 12.1 Å². The molecule has 0 spiro atoms. The molecule has 0 N–H and O–H groups in total. The summed E-state index contributed by atoms with van der Waals surface area (Å²) >= 11 is 3.30. The van der Waals surface area contributed by atoms with Crippen LogP contribution in [0.15, 0.2) is 79.3 Å². The smallest absolute Gasteiger partial charge is 0.245 e. The van der Waals surface area contributed by atoms with Crippen LogP contribution in [-0.2, 0) is 23.1 Å². The molecule has 23 heavy (non-hydrogen) atoms. The van der Waals surface area contributed by atoms with Gasteiger partial charge >= 0.3 is 0 Å². The van der Waals surface area contributed by atoms with Crippen molar-refractivity contribution in [3.63, 3.8) is 0 Å². The summed E-state index contributed by atoms with van der Waals surface area (Å²) in [4.78, 5) is 0.207. The van der Waals surface area contributed by atoms with Crippen molar-refractivity contribution in [3.05, 3.63) is 77.1 Å². The Labute approximate surface area is 142 Å². The first-order valence-corrected chi connectivity index (χ1v) is 9.10. The second kappa shape index (κ2) is 6.74. The van der Waals surface area contributed by atoms with Crippen LogP contribution >= 0.6 is 15.9 Å². The first-order valence-electron chi connectivity index (χ1n) is 6.87. The molecule has 5 nitrogen and oxygen atoms in total. The van der Waals surface area contributed by atoms with Crippen LogP contribution in [0, 0.1) is 0 Å². The topological polar surface area (TPSA) is 63.7 Å². The van der Waals surface area contributed by atoms with Crippen molar-refractivity contribution in [1.29, 1.82) is 0 Å². The molecule has 120 valence electrons. The molecule has 0 aliphatic carbocycles. The Morgan fingerprint density at radius 3 is 1.91 bits per heavy atom. The van der Waals surface area contributed by atoms with Gasteiger partial charge in [0.1, 0.15) is 11.5 Å². The largest absolute Gasteiger partial charge is 0.468 e. The molecule has 0 radical (unpaired) electrons. The zero-order valence-electron chi connectivity index (χ0n) is 12.1. The first kappa shape index (κ1) is 16.0. The van der Waals surface area contributed by atoms with E-state index in [1.165, 1.54) is 16.8 Å². The Bertz CT molecular complexity index is 821. The highest BCUT2D eigenvalue weighted by molar-refractivity contribution is 9.10. The van der Waals surface area contributed by atoms with E-state index in [0.29, 0.717) is 16.0 Å². The molecule has 0 saturated carbocycles. The minimum Gasteiger partial charge on any atom is -0.468 e. The van der Waals surface area contributed by atoms with Crippen molar-refractivity contribution in [3.8, 4) is 0 Å². The van der Waals surface area contributed by atoms with Gasteiger partial charge in [-0.25, -0.2) is 8.42 Å². The van der Waals surface area contributed by atoms with Crippen molar-refractivity contribution in [2.45, 2.75) is 18.0 Å². The highest BCUT2D eigenvalue weighted by atomic mass is 79.9. The molecular formula is C16H14BrNO4S. The van der Waals surface area contributed by atoms with Crippen LogP contribution in [0.25, 0.3) is 0 Å².